The molecule has 0 saturated carbocycles. The maximum Gasteiger partial charge on any atom is 0.205 e. The summed E-state index contributed by atoms with van der Waals surface area (Å²) in [5.74, 6) is 0.639. The van der Waals surface area contributed by atoms with Gasteiger partial charge < -0.3 is 4.74 Å². The van der Waals surface area contributed by atoms with Gasteiger partial charge in [0.25, 0.3) is 0 Å². The van der Waals surface area contributed by atoms with Gasteiger partial charge in [0.2, 0.25) is 5.82 Å². The molecule has 3 aromatic rings. The Labute approximate surface area is 157 Å². The van der Waals surface area contributed by atoms with Crippen molar-refractivity contribution in [3.05, 3.63) is 71.8 Å². The maximum absolute atomic E-state index is 5.87. The molecule has 2 atom stereocenters. The highest BCUT2D eigenvalue weighted by Gasteiger charge is 2.35. The summed E-state index contributed by atoms with van der Waals surface area (Å²) in [6, 6.07) is 19.6. The monoisotopic (exact) mass is 359 g/mol. The number of aromatic amines is 1. The number of nitrogens with one attached hydrogen (secondary N) is 1. The number of tetrazole rings is 1. The van der Waals surface area contributed by atoms with Crippen molar-refractivity contribution < 1.29 is 4.74 Å². The zero-order valence-corrected chi connectivity index (χ0v) is 15.0. The summed E-state index contributed by atoms with van der Waals surface area (Å²) >= 11 is 0. The number of ether oxygens (including phenoxy) is 1. The quantitative estimate of drug-likeness (QED) is 0.776. The molecule has 2 unspecified atom stereocenters. The molecule has 2 aromatic carbocycles. The molecule has 1 N–H and O–H groups in total. The zero-order chi connectivity index (χ0) is 18.1. The van der Waals surface area contributed by atoms with Crippen molar-refractivity contribution in [2.75, 3.05) is 13.2 Å². The van der Waals surface area contributed by atoms with E-state index in [1.165, 1.54) is 16.7 Å². The maximum atomic E-state index is 5.87. The number of fused-ring (bicyclic) bond motifs is 2. The predicted octanol–water partition coefficient (Wildman–Crippen LogP) is 2.92. The molecular weight excluding hydrogens is 338 g/mol. The summed E-state index contributed by atoms with van der Waals surface area (Å²) in [5.41, 5.74) is 4.90. The van der Waals surface area contributed by atoms with Crippen LogP contribution in [-0.4, -0.2) is 50.8 Å². The van der Waals surface area contributed by atoms with Crippen LogP contribution in [0.2, 0.25) is 0 Å². The number of aromatic nitrogens is 4. The number of nitrogens with zero attached hydrogens (tertiary/aromatic N) is 4. The van der Waals surface area contributed by atoms with Crippen LogP contribution in [0.3, 0.4) is 0 Å². The molecule has 6 heteroatoms. The van der Waals surface area contributed by atoms with Crippen LogP contribution >= 0.6 is 0 Å². The van der Waals surface area contributed by atoms with Gasteiger partial charge >= 0.3 is 0 Å². The van der Waals surface area contributed by atoms with Gasteiger partial charge in [-0.15, -0.1) is 10.2 Å². The van der Waals surface area contributed by atoms with E-state index >= 15 is 0 Å². The SMILES string of the molecule is C1=C(c2ccccc2-c2nn[nH]n2)CC2COCC1N2Cc1ccccc1. The standard InChI is InChI=1S/C21H21N5O/c1-2-6-15(7-3-1)12-26-17-10-16(11-18(26)14-27-13-17)19-8-4-5-9-20(19)21-22-24-25-23-21/h1-10,17-18H,11-14H2,(H,22,23,24,25). The van der Waals surface area contributed by atoms with E-state index in [1.54, 1.807) is 0 Å². The van der Waals surface area contributed by atoms with E-state index < -0.39 is 0 Å². The molecule has 1 fully saturated rings. The molecule has 6 nitrogen and oxygen atoms in total. The number of morpholine rings is 1. The third-order valence-corrected chi connectivity index (χ3v) is 5.41. The molecule has 0 amide bonds. The van der Waals surface area contributed by atoms with Crippen molar-refractivity contribution >= 4 is 5.57 Å². The Morgan fingerprint density at radius 2 is 1.81 bits per heavy atom. The molecule has 0 aliphatic carbocycles. The molecular formula is C21H21N5O. The van der Waals surface area contributed by atoms with Crippen molar-refractivity contribution in [3.8, 4) is 11.4 Å². The van der Waals surface area contributed by atoms with E-state index in [-0.39, 0.29) is 6.04 Å². The van der Waals surface area contributed by atoms with Gasteiger partial charge in [0, 0.05) is 18.2 Å². The molecule has 2 aliphatic heterocycles. The number of hydrogen-bond acceptors (Lipinski definition) is 5. The van der Waals surface area contributed by atoms with Crippen LogP contribution in [0.15, 0.2) is 60.7 Å². The van der Waals surface area contributed by atoms with Gasteiger partial charge in [-0.1, -0.05) is 60.7 Å². The molecule has 2 bridgehead atoms. The van der Waals surface area contributed by atoms with E-state index in [2.05, 4.69) is 80.1 Å². The molecule has 27 heavy (non-hydrogen) atoms. The third-order valence-electron chi connectivity index (χ3n) is 5.41. The first-order valence-electron chi connectivity index (χ1n) is 9.30. The van der Waals surface area contributed by atoms with Crippen LogP contribution < -0.4 is 0 Å². The lowest BCUT2D eigenvalue weighted by Gasteiger charge is -2.45. The molecule has 0 radical (unpaired) electrons. The molecule has 2 aliphatic rings. The summed E-state index contributed by atoms with van der Waals surface area (Å²) in [7, 11) is 0. The smallest absolute Gasteiger partial charge is 0.205 e. The van der Waals surface area contributed by atoms with Crippen LogP contribution in [0.25, 0.3) is 17.0 Å². The number of benzene rings is 2. The van der Waals surface area contributed by atoms with Gasteiger partial charge in [0.15, 0.2) is 0 Å². The van der Waals surface area contributed by atoms with Crippen molar-refractivity contribution in [2.45, 2.75) is 25.0 Å². The summed E-state index contributed by atoms with van der Waals surface area (Å²) in [4.78, 5) is 2.57. The average molecular weight is 359 g/mol. The van der Waals surface area contributed by atoms with E-state index in [0.29, 0.717) is 11.9 Å². The summed E-state index contributed by atoms with van der Waals surface area (Å²) < 4.78 is 5.87. The van der Waals surface area contributed by atoms with Gasteiger partial charge in [-0.3, -0.25) is 4.90 Å². The number of hydrogen-bond donors (Lipinski definition) is 1. The van der Waals surface area contributed by atoms with Crippen LogP contribution in [0, 0.1) is 0 Å². The van der Waals surface area contributed by atoms with Gasteiger partial charge in [-0.05, 0) is 28.3 Å². The normalized spacial score (nSPS) is 22.4. The summed E-state index contributed by atoms with van der Waals surface area (Å²) in [6.07, 6.45) is 3.32. The second kappa shape index (κ2) is 7.06. The van der Waals surface area contributed by atoms with E-state index in [1.807, 2.05) is 6.07 Å². The summed E-state index contributed by atoms with van der Waals surface area (Å²) in [5, 5.41) is 14.6. The highest BCUT2D eigenvalue weighted by molar-refractivity contribution is 5.79. The lowest BCUT2D eigenvalue weighted by atomic mass is 9.87. The minimum Gasteiger partial charge on any atom is -0.378 e. The topological polar surface area (TPSA) is 66.9 Å². The largest absolute Gasteiger partial charge is 0.378 e. The second-order valence-electron chi connectivity index (χ2n) is 7.09. The minimum atomic E-state index is 0.283. The Hall–Kier alpha value is -2.83. The second-order valence-corrected chi connectivity index (χ2v) is 7.09. The highest BCUT2D eigenvalue weighted by atomic mass is 16.5. The Kier molecular flexibility index (Phi) is 4.27. The van der Waals surface area contributed by atoms with E-state index in [4.69, 9.17) is 4.74 Å². The fraction of sp³-hybridized carbons (Fsp3) is 0.286. The van der Waals surface area contributed by atoms with Gasteiger partial charge in [0.05, 0.1) is 19.3 Å². The van der Waals surface area contributed by atoms with Crippen molar-refractivity contribution in [2.24, 2.45) is 0 Å². The highest BCUT2D eigenvalue weighted by Crippen LogP contribution is 2.36. The Balaban J connectivity index is 1.48. The zero-order valence-electron chi connectivity index (χ0n) is 15.0. The Bertz CT molecular complexity index is 938. The van der Waals surface area contributed by atoms with Gasteiger partial charge in [0.1, 0.15) is 0 Å². The minimum absolute atomic E-state index is 0.283. The number of rotatable bonds is 4. The van der Waals surface area contributed by atoms with E-state index in [0.717, 1.165) is 31.7 Å². The molecule has 5 rings (SSSR count). The van der Waals surface area contributed by atoms with Crippen molar-refractivity contribution in [3.63, 3.8) is 0 Å². The van der Waals surface area contributed by atoms with Crippen LogP contribution in [0.5, 0.6) is 0 Å². The molecule has 0 spiro atoms. The molecule has 3 heterocycles. The predicted molar refractivity (Wildman–Crippen MR) is 103 cm³/mol. The van der Waals surface area contributed by atoms with Crippen LogP contribution in [0.1, 0.15) is 17.5 Å². The lowest BCUT2D eigenvalue weighted by molar-refractivity contribution is -0.0402. The Morgan fingerprint density at radius 3 is 2.59 bits per heavy atom. The van der Waals surface area contributed by atoms with E-state index in [9.17, 15) is 0 Å². The van der Waals surface area contributed by atoms with Gasteiger partial charge in [-0.2, -0.15) is 5.21 Å². The van der Waals surface area contributed by atoms with Crippen molar-refractivity contribution in [1.82, 2.24) is 25.5 Å². The Morgan fingerprint density at radius 1 is 1.00 bits per heavy atom. The molecule has 1 aromatic heterocycles. The average Bonchev–Trinajstić information content (AvgIpc) is 3.23. The number of H-pyrrole nitrogens is 1. The summed E-state index contributed by atoms with van der Waals surface area (Å²) in [6.45, 7) is 2.46. The van der Waals surface area contributed by atoms with Crippen LogP contribution in [-0.2, 0) is 11.3 Å². The van der Waals surface area contributed by atoms with Crippen LogP contribution in [0.4, 0.5) is 0 Å². The fourth-order valence-corrected chi connectivity index (χ4v) is 4.14. The van der Waals surface area contributed by atoms with Crippen molar-refractivity contribution in [1.29, 1.82) is 0 Å². The molecule has 136 valence electrons. The van der Waals surface area contributed by atoms with Gasteiger partial charge in [-0.25, -0.2) is 0 Å². The third kappa shape index (κ3) is 3.18. The molecule has 1 saturated heterocycles. The lowest BCUT2D eigenvalue weighted by Crippen LogP contribution is -2.53. The fourth-order valence-electron chi connectivity index (χ4n) is 4.14. The first-order chi connectivity index (χ1) is 13.4. The first kappa shape index (κ1) is 16.4. The first-order valence-corrected chi connectivity index (χ1v) is 9.30.